The van der Waals surface area contributed by atoms with Crippen molar-refractivity contribution in [2.24, 2.45) is 0 Å². The average molecular weight is 326 g/mol. The number of hydrogen-bond acceptors (Lipinski definition) is 4. The highest BCUT2D eigenvalue weighted by atomic mass is 79.9. The zero-order valence-electron chi connectivity index (χ0n) is 10.2. The zero-order valence-corrected chi connectivity index (χ0v) is 12.6. The smallest absolute Gasteiger partial charge is 0.127 e. The first-order valence-corrected chi connectivity index (χ1v) is 7.62. The fourth-order valence-corrected chi connectivity index (χ4v) is 2.92. The van der Waals surface area contributed by atoms with Gasteiger partial charge in [-0.05, 0) is 34.5 Å². The second-order valence-electron chi connectivity index (χ2n) is 3.94. The number of nitrogens with zero attached hydrogens (tertiary/aromatic N) is 1. The summed E-state index contributed by atoms with van der Waals surface area (Å²) in [6.07, 6.45) is 2.92. The number of nitrogens with one attached hydrogen (secondary N) is 2. The van der Waals surface area contributed by atoms with E-state index in [1.807, 2.05) is 18.3 Å². The van der Waals surface area contributed by atoms with E-state index in [4.69, 9.17) is 0 Å². The van der Waals surface area contributed by atoms with Crippen molar-refractivity contribution in [1.82, 2.24) is 4.98 Å². The van der Waals surface area contributed by atoms with Gasteiger partial charge in [-0.25, -0.2) is 4.98 Å². The first-order valence-electron chi connectivity index (χ1n) is 5.94. The van der Waals surface area contributed by atoms with E-state index in [-0.39, 0.29) is 0 Å². The molecule has 0 aliphatic carbocycles. The monoisotopic (exact) mass is 325 g/mol. The van der Waals surface area contributed by atoms with Crippen molar-refractivity contribution in [2.75, 3.05) is 17.2 Å². The van der Waals surface area contributed by atoms with Gasteiger partial charge < -0.3 is 10.6 Å². The van der Waals surface area contributed by atoms with Crippen molar-refractivity contribution in [2.45, 2.75) is 19.9 Å². The summed E-state index contributed by atoms with van der Waals surface area (Å²) in [7, 11) is 0. The third-order valence-corrected chi connectivity index (χ3v) is 4.10. The molecular formula is C13H16BrN3S. The molecule has 0 aliphatic rings. The van der Waals surface area contributed by atoms with Gasteiger partial charge in [-0.2, -0.15) is 0 Å². The van der Waals surface area contributed by atoms with Crippen LogP contribution in [0.15, 0.2) is 34.2 Å². The van der Waals surface area contributed by atoms with Crippen LogP contribution < -0.4 is 10.6 Å². The van der Waals surface area contributed by atoms with Crippen molar-refractivity contribution in [3.63, 3.8) is 0 Å². The first kappa shape index (κ1) is 13.4. The SMILES string of the molecule is CCCNc1cc(NCc2cc(Br)cs2)ccn1. The number of halogens is 1. The first-order chi connectivity index (χ1) is 8.78. The van der Waals surface area contributed by atoms with E-state index in [0.717, 1.165) is 35.5 Å². The van der Waals surface area contributed by atoms with Crippen LogP contribution in [0.25, 0.3) is 0 Å². The molecule has 2 heterocycles. The van der Waals surface area contributed by atoms with Gasteiger partial charge in [-0.15, -0.1) is 11.3 Å². The van der Waals surface area contributed by atoms with Crippen molar-refractivity contribution in [1.29, 1.82) is 0 Å². The number of rotatable bonds is 6. The Morgan fingerprint density at radius 1 is 1.33 bits per heavy atom. The predicted molar refractivity (Wildman–Crippen MR) is 82.4 cm³/mol. The topological polar surface area (TPSA) is 37.0 Å². The summed E-state index contributed by atoms with van der Waals surface area (Å²) in [6.45, 7) is 3.94. The molecule has 5 heteroatoms. The van der Waals surface area contributed by atoms with Crippen LogP contribution in [0.3, 0.4) is 0 Å². The third kappa shape index (κ3) is 3.99. The Morgan fingerprint density at radius 3 is 2.94 bits per heavy atom. The lowest BCUT2D eigenvalue weighted by Crippen LogP contribution is -2.03. The molecule has 18 heavy (non-hydrogen) atoms. The summed E-state index contributed by atoms with van der Waals surface area (Å²) < 4.78 is 1.14. The molecule has 0 radical (unpaired) electrons. The standard InChI is InChI=1S/C13H16BrN3S/c1-2-4-15-13-7-11(3-5-16-13)17-8-12-6-10(14)9-18-12/h3,5-7,9H,2,4,8H2,1H3,(H2,15,16,17). The van der Waals surface area contributed by atoms with Crippen LogP contribution in [0.5, 0.6) is 0 Å². The van der Waals surface area contributed by atoms with Crippen LogP contribution in [0, 0.1) is 0 Å². The maximum absolute atomic E-state index is 4.28. The van der Waals surface area contributed by atoms with Crippen molar-refractivity contribution in [3.05, 3.63) is 39.1 Å². The summed E-state index contributed by atoms with van der Waals surface area (Å²) in [6, 6.07) is 6.16. The minimum Gasteiger partial charge on any atom is -0.380 e. The quantitative estimate of drug-likeness (QED) is 0.829. The molecule has 2 aromatic heterocycles. The van der Waals surface area contributed by atoms with Crippen LogP contribution in [-0.4, -0.2) is 11.5 Å². The van der Waals surface area contributed by atoms with Gasteiger partial charge in [0.25, 0.3) is 0 Å². The van der Waals surface area contributed by atoms with E-state index in [0.29, 0.717) is 0 Å². The minimum atomic E-state index is 0.841. The van der Waals surface area contributed by atoms with Gasteiger partial charge in [0.1, 0.15) is 5.82 Å². The van der Waals surface area contributed by atoms with E-state index in [9.17, 15) is 0 Å². The summed E-state index contributed by atoms with van der Waals surface area (Å²) >= 11 is 5.21. The molecule has 2 rings (SSSR count). The number of anilines is 2. The van der Waals surface area contributed by atoms with Crippen molar-refractivity contribution in [3.8, 4) is 0 Å². The number of pyridine rings is 1. The molecule has 0 amide bonds. The van der Waals surface area contributed by atoms with Gasteiger partial charge in [0, 0.05) is 45.8 Å². The summed E-state index contributed by atoms with van der Waals surface area (Å²) in [5.74, 6) is 0.925. The highest BCUT2D eigenvalue weighted by molar-refractivity contribution is 9.10. The highest BCUT2D eigenvalue weighted by Crippen LogP contribution is 2.21. The van der Waals surface area contributed by atoms with Gasteiger partial charge in [-0.1, -0.05) is 6.92 Å². The fraction of sp³-hybridized carbons (Fsp3) is 0.308. The Hall–Kier alpha value is -1.07. The molecular weight excluding hydrogens is 310 g/mol. The van der Waals surface area contributed by atoms with Crippen LogP contribution >= 0.6 is 27.3 Å². The molecule has 0 saturated carbocycles. The van der Waals surface area contributed by atoms with E-state index >= 15 is 0 Å². The van der Waals surface area contributed by atoms with E-state index in [1.54, 1.807) is 11.3 Å². The Bertz CT molecular complexity index is 498. The van der Waals surface area contributed by atoms with Crippen molar-refractivity contribution < 1.29 is 0 Å². The normalized spacial score (nSPS) is 10.3. The van der Waals surface area contributed by atoms with Crippen molar-refractivity contribution >= 4 is 38.8 Å². The molecule has 0 spiro atoms. The Labute approximate surface area is 120 Å². The maximum Gasteiger partial charge on any atom is 0.127 e. The molecule has 3 nitrogen and oxygen atoms in total. The van der Waals surface area contributed by atoms with Crippen LogP contribution in [-0.2, 0) is 6.54 Å². The average Bonchev–Trinajstić information content (AvgIpc) is 2.80. The lowest BCUT2D eigenvalue weighted by atomic mass is 10.3. The van der Waals surface area contributed by atoms with Gasteiger partial charge in [0.15, 0.2) is 0 Å². The zero-order chi connectivity index (χ0) is 12.8. The predicted octanol–water partition coefficient (Wildman–Crippen LogP) is 4.34. The molecule has 2 aromatic rings. The van der Waals surface area contributed by atoms with Gasteiger partial charge in [-0.3, -0.25) is 0 Å². The molecule has 0 saturated heterocycles. The third-order valence-electron chi connectivity index (χ3n) is 2.40. The van der Waals surface area contributed by atoms with E-state index in [1.165, 1.54) is 4.88 Å². The second-order valence-corrected chi connectivity index (χ2v) is 5.85. The minimum absolute atomic E-state index is 0.841. The number of aromatic nitrogens is 1. The molecule has 0 aromatic carbocycles. The van der Waals surface area contributed by atoms with Crippen LogP contribution in [0.4, 0.5) is 11.5 Å². The second kappa shape index (κ2) is 6.75. The molecule has 96 valence electrons. The Morgan fingerprint density at radius 2 is 2.22 bits per heavy atom. The van der Waals surface area contributed by atoms with Crippen LogP contribution in [0.1, 0.15) is 18.2 Å². The van der Waals surface area contributed by atoms with Crippen LogP contribution in [0.2, 0.25) is 0 Å². The molecule has 0 atom stereocenters. The van der Waals surface area contributed by atoms with E-state index in [2.05, 4.69) is 49.9 Å². The Balaban J connectivity index is 1.92. The fourth-order valence-electron chi connectivity index (χ4n) is 1.53. The van der Waals surface area contributed by atoms with E-state index < -0.39 is 0 Å². The largest absolute Gasteiger partial charge is 0.380 e. The summed E-state index contributed by atoms with van der Waals surface area (Å²) in [4.78, 5) is 5.59. The van der Waals surface area contributed by atoms with Gasteiger partial charge >= 0.3 is 0 Å². The molecule has 0 aliphatic heterocycles. The van der Waals surface area contributed by atoms with Gasteiger partial charge in [0.2, 0.25) is 0 Å². The maximum atomic E-state index is 4.28. The summed E-state index contributed by atoms with van der Waals surface area (Å²) in [5.41, 5.74) is 1.09. The molecule has 0 bridgehead atoms. The Kier molecular flexibility index (Phi) is 5.01. The summed E-state index contributed by atoms with van der Waals surface area (Å²) in [5, 5.41) is 8.78. The lowest BCUT2D eigenvalue weighted by Gasteiger charge is -2.08. The molecule has 2 N–H and O–H groups in total. The highest BCUT2D eigenvalue weighted by Gasteiger charge is 1.99. The van der Waals surface area contributed by atoms with Gasteiger partial charge in [0.05, 0.1) is 0 Å². The lowest BCUT2D eigenvalue weighted by molar-refractivity contribution is 0.969. The number of thiophene rings is 1. The molecule has 0 unspecified atom stereocenters. The number of hydrogen-bond donors (Lipinski definition) is 2. The molecule has 0 fully saturated rings.